The molecule has 1 N–H and O–H groups in total. The maximum Gasteiger partial charge on any atom is 0.186 e. The van der Waals surface area contributed by atoms with Crippen LogP contribution >= 0.6 is 11.8 Å². The van der Waals surface area contributed by atoms with Crippen molar-refractivity contribution in [1.29, 1.82) is 0 Å². The van der Waals surface area contributed by atoms with Gasteiger partial charge < -0.3 is 4.98 Å². The highest BCUT2D eigenvalue weighted by molar-refractivity contribution is 7.97. The predicted molar refractivity (Wildman–Crippen MR) is 53.2 cm³/mol. The zero-order valence-electron chi connectivity index (χ0n) is 7.47. The molecule has 0 saturated carbocycles. The number of nitrogens with zero attached hydrogens (tertiary/aromatic N) is 1. The number of imidazole rings is 1. The Kier molecular flexibility index (Phi) is 2.41. The molecule has 14 heavy (non-hydrogen) atoms. The quantitative estimate of drug-likeness (QED) is 0.832. The SMILES string of the molecule is CSCc1nc2c(F)c(F)ccc2[nH]1. The number of fused-ring (bicyclic) bond motifs is 1. The van der Waals surface area contributed by atoms with Crippen molar-refractivity contribution < 1.29 is 8.78 Å². The van der Waals surface area contributed by atoms with E-state index in [1.807, 2.05) is 6.26 Å². The van der Waals surface area contributed by atoms with Crippen LogP contribution in [0.15, 0.2) is 12.1 Å². The normalized spacial score (nSPS) is 11.1. The number of hydrogen-bond donors (Lipinski definition) is 1. The molecule has 0 bridgehead atoms. The van der Waals surface area contributed by atoms with E-state index in [2.05, 4.69) is 9.97 Å². The highest BCUT2D eigenvalue weighted by Crippen LogP contribution is 2.19. The largest absolute Gasteiger partial charge is 0.341 e. The summed E-state index contributed by atoms with van der Waals surface area (Å²) in [7, 11) is 0. The molecule has 0 amide bonds. The number of aromatic amines is 1. The molecule has 0 fully saturated rings. The number of aromatic nitrogens is 2. The van der Waals surface area contributed by atoms with Crippen LogP contribution in [0.2, 0.25) is 0 Å². The van der Waals surface area contributed by atoms with E-state index in [9.17, 15) is 8.78 Å². The molecule has 5 heteroatoms. The third kappa shape index (κ3) is 1.48. The molecule has 0 aliphatic rings. The highest BCUT2D eigenvalue weighted by atomic mass is 32.2. The minimum atomic E-state index is -0.883. The molecule has 0 aliphatic heterocycles. The first-order chi connectivity index (χ1) is 6.72. The fourth-order valence-corrected chi connectivity index (χ4v) is 1.68. The number of halogens is 2. The van der Waals surface area contributed by atoms with Gasteiger partial charge in [-0.25, -0.2) is 13.8 Å². The summed E-state index contributed by atoms with van der Waals surface area (Å²) >= 11 is 1.57. The first-order valence-corrected chi connectivity index (χ1v) is 5.43. The second-order valence-corrected chi connectivity index (χ2v) is 3.74. The Morgan fingerprint density at radius 1 is 1.43 bits per heavy atom. The number of hydrogen-bond acceptors (Lipinski definition) is 2. The van der Waals surface area contributed by atoms with Gasteiger partial charge in [-0.1, -0.05) is 0 Å². The lowest BCUT2D eigenvalue weighted by Crippen LogP contribution is -1.84. The molecular weight excluding hydrogens is 206 g/mol. The zero-order chi connectivity index (χ0) is 10.1. The summed E-state index contributed by atoms with van der Waals surface area (Å²) in [6.07, 6.45) is 1.92. The van der Waals surface area contributed by atoms with E-state index >= 15 is 0 Å². The average molecular weight is 214 g/mol. The predicted octanol–water partition coefficient (Wildman–Crippen LogP) is 2.70. The third-order valence-electron chi connectivity index (χ3n) is 1.88. The van der Waals surface area contributed by atoms with E-state index in [1.54, 1.807) is 11.8 Å². The van der Waals surface area contributed by atoms with Crippen LogP contribution in [0.5, 0.6) is 0 Å². The fraction of sp³-hybridized carbons (Fsp3) is 0.222. The lowest BCUT2D eigenvalue weighted by Gasteiger charge is -1.91. The second kappa shape index (κ2) is 3.57. The Labute approximate surface area is 83.7 Å². The van der Waals surface area contributed by atoms with Crippen LogP contribution in [-0.2, 0) is 5.75 Å². The maximum atomic E-state index is 13.2. The van der Waals surface area contributed by atoms with Crippen LogP contribution in [0.1, 0.15) is 5.82 Å². The topological polar surface area (TPSA) is 28.7 Å². The Balaban J connectivity index is 2.59. The number of nitrogens with one attached hydrogen (secondary N) is 1. The first-order valence-electron chi connectivity index (χ1n) is 4.04. The summed E-state index contributed by atoms with van der Waals surface area (Å²) in [5.41, 5.74) is 0.613. The Morgan fingerprint density at radius 3 is 2.93 bits per heavy atom. The lowest BCUT2D eigenvalue weighted by molar-refractivity contribution is 0.515. The van der Waals surface area contributed by atoms with Crippen LogP contribution in [-0.4, -0.2) is 16.2 Å². The second-order valence-electron chi connectivity index (χ2n) is 2.87. The molecule has 74 valence electrons. The van der Waals surface area contributed by atoms with Gasteiger partial charge in [0.15, 0.2) is 11.6 Å². The smallest absolute Gasteiger partial charge is 0.186 e. The molecule has 0 unspecified atom stereocenters. The summed E-state index contributed by atoms with van der Waals surface area (Å²) in [5, 5.41) is 0. The minimum absolute atomic E-state index is 0.0778. The molecular formula is C9H8F2N2S. The summed E-state index contributed by atoms with van der Waals surface area (Å²) in [5.74, 6) is -0.418. The van der Waals surface area contributed by atoms with Crippen LogP contribution in [0.25, 0.3) is 11.0 Å². The van der Waals surface area contributed by atoms with E-state index in [0.29, 0.717) is 17.1 Å². The Bertz CT molecular complexity index is 467. The van der Waals surface area contributed by atoms with Crippen molar-refractivity contribution in [2.24, 2.45) is 0 Å². The van der Waals surface area contributed by atoms with Gasteiger partial charge in [-0.2, -0.15) is 11.8 Å². The van der Waals surface area contributed by atoms with Crippen molar-refractivity contribution in [3.05, 3.63) is 29.6 Å². The Hall–Kier alpha value is -1.10. The van der Waals surface area contributed by atoms with Crippen molar-refractivity contribution in [2.45, 2.75) is 5.75 Å². The number of rotatable bonds is 2. The summed E-state index contributed by atoms with van der Waals surface area (Å²) in [4.78, 5) is 6.90. The molecule has 1 aromatic carbocycles. The fourth-order valence-electron chi connectivity index (χ4n) is 1.27. The molecule has 1 aromatic heterocycles. The number of thioether (sulfide) groups is 1. The van der Waals surface area contributed by atoms with E-state index in [0.717, 1.165) is 6.07 Å². The van der Waals surface area contributed by atoms with Crippen molar-refractivity contribution in [1.82, 2.24) is 9.97 Å². The molecule has 0 aliphatic carbocycles. The standard InChI is InChI=1S/C9H8F2N2S/c1-14-4-7-12-6-3-2-5(10)8(11)9(6)13-7/h2-3H,4H2,1H3,(H,12,13). The molecule has 2 rings (SSSR count). The van der Waals surface area contributed by atoms with E-state index in [4.69, 9.17) is 0 Å². The lowest BCUT2D eigenvalue weighted by atomic mass is 10.3. The minimum Gasteiger partial charge on any atom is -0.341 e. The van der Waals surface area contributed by atoms with Crippen molar-refractivity contribution in [3.63, 3.8) is 0 Å². The van der Waals surface area contributed by atoms with Crippen molar-refractivity contribution in [2.75, 3.05) is 6.26 Å². The summed E-state index contributed by atoms with van der Waals surface area (Å²) in [6.45, 7) is 0. The summed E-state index contributed by atoms with van der Waals surface area (Å²) < 4.78 is 26.0. The molecule has 2 aromatic rings. The van der Waals surface area contributed by atoms with Gasteiger partial charge in [0.2, 0.25) is 0 Å². The third-order valence-corrected chi connectivity index (χ3v) is 2.44. The molecule has 2 nitrogen and oxygen atoms in total. The molecule has 1 heterocycles. The van der Waals surface area contributed by atoms with Gasteiger partial charge in [-0.15, -0.1) is 0 Å². The van der Waals surface area contributed by atoms with Gasteiger partial charge in [0, 0.05) is 0 Å². The van der Waals surface area contributed by atoms with Gasteiger partial charge in [0.05, 0.1) is 11.3 Å². The van der Waals surface area contributed by atoms with E-state index in [1.165, 1.54) is 6.07 Å². The van der Waals surface area contributed by atoms with Gasteiger partial charge in [-0.05, 0) is 18.4 Å². The van der Waals surface area contributed by atoms with Crippen molar-refractivity contribution >= 4 is 22.8 Å². The first kappa shape index (κ1) is 9.45. The van der Waals surface area contributed by atoms with Crippen LogP contribution in [0.3, 0.4) is 0 Å². The van der Waals surface area contributed by atoms with Crippen LogP contribution < -0.4 is 0 Å². The van der Waals surface area contributed by atoms with Gasteiger partial charge in [-0.3, -0.25) is 0 Å². The molecule has 0 spiro atoms. The van der Waals surface area contributed by atoms with Crippen LogP contribution in [0.4, 0.5) is 8.78 Å². The van der Waals surface area contributed by atoms with Crippen LogP contribution in [0, 0.1) is 11.6 Å². The summed E-state index contributed by atoms with van der Waals surface area (Å²) in [6, 6.07) is 2.59. The van der Waals surface area contributed by atoms with E-state index < -0.39 is 11.6 Å². The maximum absolute atomic E-state index is 13.2. The van der Waals surface area contributed by atoms with Gasteiger partial charge >= 0.3 is 0 Å². The average Bonchev–Trinajstić information content (AvgIpc) is 2.56. The monoisotopic (exact) mass is 214 g/mol. The highest BCUT2D eigenvalue weighted by Gasteiger charge is 2.11. The van der Waals surface area contributed by atoms with Gasteiger partial charge in [0.25, 0.3) is 0 Å². The number of H-pyrrole nitrogens is 1. The molecule has 0 saturated heterocycles. The Morgan fingerprint density at radius 2 is 2.21 bits per heavy atom. The molecule has 0 atom stereocenters. The molecule has 0 radical (unpaired) electrons. The van der Waals surface area contributed by atoms with E-state index in [-0.39, 0.29) is 5.52 Å². The number of benzene rings is 1. The van der Waals surface area contributed by atoms with Crippen molar-refractivity contribution in [3.8, 4) is 0 Å². The zero-order valence-corrected chi connectivity index (χ0v) is 8.29. The van der Waals surface area contributed by atoms with Gasteiger partial charge in [0.1, 0.15) is 11.3 Å².